The van der Waals surface area contributed by atoms with Gasteiger partial charge in [-0.3, -0.25) is 24.2 Å². The minimum atomic E-state index is -1.26. The van der Waals surface area contributed by atoms with Crippen LogP contribution in [-0.2, 0) is 14.4 Å². The van der Waals surface area contributed by atoms with E-state index in [9.17, 15) is 33.5 Å². The van der Waals surface area contributed by atoms with Gasteiger partial charge in [-0.15, -0.1) is 0 Å². The van der Waals surface area contributed by atoms with Crippen molar-refractivity contribution in [2.45, 2.75) is 83.1 Å². The highest BCUT2D eigenvalue weighted by atomic mass is 19.1. The molecule has 1 saturated heterocycles. The first-order valence-corrected chi connectivity index (χ1v) is 17.1. The van der Waals surface area contributed by atoms with Gasteiger partial charge in [0.25, 0.3) is 11.8 Å². The molecule has 2 atom stereocenters. The summed E-state index contributed by atoms with van der Waals surface area (Å²) in [5.74, 6) is -4.82. The van der Waals surface area contributed by atoms with Crippen LogP contribution < -0.4 is 0 Å². The van der Waals surface area contributed by atoms with Crippen LogP contribution in [-0.4, -0.2) is 85.7 Å². The first-order chi connectivity index (χ1) is 24.0. The molecule has 1 fully saturated rings. The number of carbonyl (C=O) groups excluding carboxylic acids is 2. The number of fused-ring (bicyclic) bond motifs is 2. The van der Waals surface area contributed by atoms with Crippen molar-refractivity contribution in [2.75, 3.05) is 19.6 Å². The second-order valence-electron chi connectivity index (χ2n) is 12.7. The number of aromatic nitrogens is 1. The van der Waals surface area contributed by atoms with E-state index >= 15 is 0 Å². The summed E-state index contributed by atoms with van der Waals surface area (Å²) in [5.41, 5.74) is 2.05. The number of imide groups is 1. The molecule has 3 N–H and O–H groups in total. The summed E-state index contributed by atoms with van der Waals surface area (Å²) in [5, 5.41) is 31.1. The van der Waals surface area contributed by atoms with Crippen LogP contribution in [0, 0.1) is 11.7 Å². The molecular weight excluding hydrogens is 649 g/mol. The first kappa shape index (κ1) is 37.9. The molecule has 268 valence electrons. The zero-order valence-corrected chi connectivity index (χ0v) is 28.1. The Labute approximate surface area is 289 Å². The molecule has 2 aliphatic rings. The highest BCUT2D eigenvalue weighted by Gasteiger charge is 2.39. The van der Waals surface area contributed by atoms with Gasteiger partial charge in [-0.25, -0.2) is 14.0 Å². The molecule has 13 heteroatoms. The Hall–Kier alpha value is -4.91. The maximum atomic E-state index is 13.7. The van der Waals surface area contributed by atoms with Gasteiger partial charge in [-0.1, -0.05) is 62.7 Å². The lowest BCUT2D eigenvalue weighted by Crippen LogP contribution is -2.49. The second kappa shape index (κ2) is 18.2. The highest BCUT2D eigenvalue weighted by Crippen LogP contribution is 2.35. The average Bonchev–Trinajstić information content (AvgIpc) is 3.62. The third-order valence-corrected chi connectivity index (χ3v) is 9.39. The lowest BCUT2D eigenvalue weighted by molar-refractivity contribution is -0.145. The van der Waals surface area contributed by atoms with Crippen molar-refractivity contribution in [3.63, 3.8) is 0 Å². The number of amides is 2. The number of halogens is 1. The fraction of sp³-hybridized carbons (Fsp3) is 0.459. The molecule has 0 saturated carbocycles. The SMILES string of the molecule is CCCCCCCCC(C(=O)O)C(CCN1C(=O)c2ccccc2C1=O)N1CCC(c2noc3cc(F)ccc23)CC1.O=C(O)C=CC(=O)O. The van der Waals surface area contributed by atoms with E-state index in [1.54, 1.807) is 30.3 Å². The van der Waals surface area contributed by atoms with Crippen LogP contribution in [0.3, 0.4) is 0 Å². The standard InChI is InChI=1S/C33H40FN3O5.C4H4O4/c1-2-3-4-5-6-7-12-26(33(40)41)28(17-20-37-31(38)24-10-8-9-11-25(24)32(37)39)36-18-15-22(16-19-36)30-27-14-13-23(34)21-29(27)42-35-30;5-3(6)1-2-4(7)8/h8-11,13-14,21-22,26,28H,2-7,12,15-20H2,1H3,(H,40,41);1-2H,(H,5,6)(H,7,8). The maximum absolute atomic E-state index is 13.7. The zero-order chi connectivity index (χ0) is 36.2. The molecule has 50 heavy (non-hydrogen) atoms. The molecule has 5 rings (SSSR count). The molecule has 1 aromatic heterocycles. The van der Waals surface area contributed by atoms with Crippen molar-refractivity contribution in [1.29, 1.82) is 0 Å². The van der Waals surface area contributed by atoms with E-state index in [1.807, 2.05) is 0 Å². The molecule has 12 nitrogen and oxygen atoms in total. The summed E-state index contributed by atoms with van der Waals surface area (Å²) in [6, 6.07) is 11.0. The number of rotatable bonds is 16. The summed E-state index contributed by atoms with van der Waals surface area (Å²) in [6.07, 6.45) is 10.0. The van der Waals surface area contributed by atoms with Crippen molar-refractivity contribution in [2.24, 2.45) is 5.92 Å². The van der Waals surface area contributed by atoms with E-state index < -0.39 is 23.8 Å². The van der Waals surface area contributed by atoms with Gasteiger partial charge in [0, 0.05) is 42.1 Å². The molecular formula is C37H44FN3O9. The Balaban J connectivity index is 0.000000627. The number of hydrogen-bond acceptors (Lipinski definition) is 8. The van der Waals surface area contributed by atoms with Gasteiger partial charge in [0.2, 0.25) is 0 Å². The number of carboxylic acids is 3. The largest absolute Gasteiger partial charge is 0.481 e. The molecule has 0 bridgehead atoms. The fourth-order valence-corrected chi connectivity index (χ4v) is 6.84. The van der Waals surface area contributed by atoms with Gasteiger partial charge in [-0.05, 0) is 63.0 Å². The second-order valence-corrected chi connectivity index (χ2v) is 12.7. The molecule has 3 heterocycles. The number of benzene rings is 2. The monoisotopic (exact) mass is 693 g/mol. The summed E-state index contributed by atoms with van der Waals surface area (Å²) in [6.45, 7) is 3.67. The smallest absolute Gasteiger partial charge is 0.328 e. The Morgan fingerprint density at radius 1 is 0.900 bits per heavy atom. The number of likely N-dealkylation sites (tertiary alicyclic amines) is 1. The topological polar surface area (TPSA) is 179 Å². The minimum absolute atomic E-state index is 0.117. The Bertz CT molecular complexity index is 1650. The van der Waals surface area contributed by atoms with Crippen LogP contribution in [0.2, 0.25) is 0 Å². The lowest BCUT2D eigenvalue weighted by Gasteiger charge is -2.40. The lowest BCUT2D eigenvalue weighted by atomic mass is 9.86. The maximum Gasteiger partial charge on any atom is 0.328 e. The summed E-state index contributed by atoms with van der Waals surface area (Å²) < 4.78 is 19.1. The van der Waals surface area contributed by atoms with Crippen molar-refractivity contribution in [3.05, 3.63) is 77.3 Å². The number of aliphatic carboxylic acids is 3. The quantitative estimate of drug-likeness (QED) is 0.0863. The molecule has 2 aliphatic heterocycles. The molecule has 2 amide bonds. The molecule has 2 aromatic carbocycles. The highest BCUT2D eigenvalue weighted by molar-refractivity contribution is 6.21. The van der Waals surface area contributed by atoms with Crippen molar-refractivity contribution in [3.8, 4) is 0 Å². The van der Waals surface area contributed by atoms with E-state index in [4.69, 9.17) is 14.7 Å². The van der Waals surface area contributed by atoms with E-state index in [-0.39, 0.29) is 36.1 Å². The number of piperidine rings is 1. The zero-order valence-electron chi connectivity index (χ0n) is 28.1. The molecule has 2 unspecified atom stereocenters. The van der Waals surface area contributed by atoms with Crippen molar-refractivity contribution >= 4 is 40.7 Å². The van der Waals surface area contributed by atoms with E-state index in [2.05, 4.69) is 17.0 Å². The Morgan fingerprint density at radius 3 is 2.08 bits per heavy atom. The van der Waals surface area contributed by atoms with Crippen molar-refractivity contribution < 1.29 is 48.2 Å². The van der Waals surface area contributed by atoms with Gasteiger partial charge in [0.15, 0.2) is 5.58 Å². The van der Waals surface area contributed by atoms with E-state index in [0.29, 0.717) is 54.8 Å². The van der Waals surface area contributed by atoms with Crippen LogP contribution in [0.15, 0.2) is 59.1 Å². The number of carbonyl (C=O) groups is 5. The van der Waals surface area contributed by atoms with E-state index in [0.717, 1.165) is 56.0 Å². The summed E-state index contributed by atoms with van der Waals surface area (Å²) in [7, 11) is 0. The first-order valence-electron chi connectivity index (χ1n) is 17.1. The Kier molecular flexibility index (Phi) is 13.8. The van der Waals surface area contributed by atoms with Gasteiger partial charge >= 0.3 is 17.9 Å². The summed E-state index contributed by atoms with van der Waals surface area (Å²) in [4.78, 5) is 61.3. The van der Waals surface area contributed by atoms with E-state index in [1.165, 1.54) is 23.5 Å². The summed E-state index contributed by atoms with van der Waals surface area (Å²) >= 11 is 0. The van der Waals surface area contributed by atoms with Gasteiger partial charge in [0.05, 0.1) is 22.7 Å². The molecule has 0 spiro atoms. The third kappa shape index (κ3) is 9.84. The third-order valence-electron chi connectivity index (χ3n) is 9.39. The van der Waals surface area contributed by atoms with Crippen LogP contribution in [0.5, 0.6) is 0 Å². The van der Waals surface area contributed by atoms with Gasteiger partial charge in [0.1, 0.15) is 5.82 Å². The fourth-order valence-electron chi connectivity index (χ4n) is 6.84. The van der Waals surface area contributed by atoms with Crippen LogP contribution >= 0.6 is 0 Å². The normalized spacial score (nSPS) is 16.3. The minimum Gasteiger partial charge on any atom is -0.481 e. The van der Waals surface area contributed by atoms with Gasteiger partial charge < -0.3 is 19.8 Å². The number of unbranched alkanes of at least 4 members (excludes halogenated alkanes) is 5. The average molecular weight is 694 g/mol. The van der Waals surface area contributed by atoms with Crippen molar-refractivity contribution in [1.82, 2.24) is 15.0 Å². The predicted octanol–water partition coefficient (Wildman–Crippen LogP) is 6.36. The molecule has 0 radical (unpaired) electrons. The number of hydrogen-bond donors (Lipinski definition) is 3. The Morgan fingerprint density at radius 2 is 1.50 bits per heavy atom. The van der Waals surface area contributed by atoms with Crippen LogP contribution in [0.4, 0.5) is 4.39 Å². The van der Waals surface area contributed by atoms with Crippen LogP contribution in [0.25, 0.3) is 11.0 Å². The predicted molar refractivity (Wildman–Crippen MR) is 181 cm³/mol. The number of nitrogens with zero attached hydrogens (tertiary/aromatic N) is 3. The van der Waals surface area contributed by atoms with Crippen LogP contribution in [0.1, 0.15) is 103 Å². The van der Waals surface area contributed by atoms with Gasteiger partial charge in [-0.2, -0.15) is 0 Å². The number of carboxylic acid groups (broad SMARTS) is 3. The molecule has 0 aliphatic carbocycles. The molecule has 3 aromatic rings.